The van der Waals surface area contributed by atoms with Crippen molar-refractivity contribution in [3.8, 4) is 0 Å². The predicted molar refractivity (Wildman–Crippen MR) is 74.7 cm³/mol. The van der Waals surface area contributed by atoms with Gasteiger partial charge in [-0.05, 0) is 24.5 Å². The Morgan fingerprint density at radius 1 is 1.37 bits per heavy atom. The SMILES string of the molecule is CC/C=C/c1ccccc1CC(=[N+]=[N-])C(=O)OCC. The molecule has 1 aromatic carbocycles. The summed E-state index contributed by atoms with van der Waals surface area (Å²) in [4.78, 5) is 14.6. The van der Waals surface area contributed by atoms with E-state index in [0.717, 1.165) is 17.5 Å². The van der Waals surface area contributed by atoms with Gasteiger partial charge in [-0.1, -0.05) is 43.3 Å². The third-order valence-electron chi connectivity index (χ3n) is 2.58. The average molecular weight is 258 g/mol. The molecule has 0 N–H and O–H groups in total. The molecule has 0 aliphatic heterocycles. The molecule has 0 saturated carbocycles. The largest absolute Gasteiger partial charge is 0.457 e. The van der Waals surface area contributed by atoms with Crippen LogP contribution in [-0.2, 0) is 16.0 Å². The van der Waals surface area contributed by atoms with Crippen LogP contribution in [0.25, 0.3) is 11.6 Å². The molecule has 0 amide bonds. The minimum Gasteiger partial charge on any atom is -0.457 e. The van der Waals surface area contributed by atoms with Crippen LogP contribution in [-0.4, -0.2) is 23.1 Å². The molecule has 0 aromatic heterocycles. The number of allylic oxidation sites excluding steroid dienone is 1. The maximum atomic E-state index is 11.6. The number of hydrogen-bond donors (Lipinski definition) is 0. The lowest BCUT2D eigenvalue weighted by atomic mass is 10.0. The van der Waals surface area contributed by atoms with Gasteiger partial charge in [0.05, 0.1) is 13.0 Å². The number of benzene rings is 1. The molecule has 0 aliphatic carbocycles. The Balaban J connectivity index is 2.95. The van der Waals surface area contributed by atoms with Gasteiger partial charge in [0.15, 0.2) is 0 Å². The molecular formula is C15H18N2O2. The Kier molecular flexibility index (Phi) is 6.27. The van der Waals surface area contributed by atoms with Crippen molar-refractivity contribution < 1.29 is 14.3 Å². The number of carbonyl (C=O) groups is 1. The summed E-state index contributed by atoms with van der Waals surface area (Å²) in [6.45, 7) is 4.03. The van der Waals surface area contributed by atoms with Gasteiger partial charge in [0.25, 0.3) is 0 Å². The fourth-order valence-corrected chi connectivity index (χ4v) is 1.65. The van der Waals surface area contributed by atoms with Crippen molar-refractivity contribution in [2.24, 2.45) is 0 Å². The standard InChI is InChI=1S/C15H18N2O2/c1-3-5-8-12-9-6-7-10-13(12)11-14(17-16)15(18)19-4-2/h5-10H,3-4,11H2,1-2H3/b8-5+. The van der Waals surface area contributed by atoms with E-state index >= 15 is 0 Å². The zero-order valence-corrected chi connectivity index (χ0v) is 11.3. The number of carbonyl (C=O) groups excluding carboxylic acids is 1. The maximum absolute atomic E-state index is 11.6. The van der Waals surface area contributed by atoms with Gasteiger partial charge in [0.2, 0.25) is 0 Å². The van der Waals surface area contributed by atoms with Gasteiger partial charge in [-0.25, -0.2) is 4.79 Å². The Morgan fingerprint density at radius 2 is 2.11 bits per heavy atom. The van der Waals surface area contributed by atoms with Crippen LogP contribution in [0.4, 0.5) is 0 Å². The summed E-state index contributed by atoms with van der Waals surface area (Å²) in [7, 11) is 0. The van der Waals surface area contributed by atoms with Crippen LogP contribution in [0.2, 0.25) is 0 Å². The molecule has 0 aliphatic rings. The highest BCUT2D eigenvalue weighted by Gasteiger charge is 2.22. The molecule has 0 saturated heterocycles. The fraction of sp³-hybridized carbons (Fsp3) is 0.333. The van der Waals surface area contributed by atoms with Gasteiger partial charge >= 0.3 is 11.7 Å². The molecule has 4 heteroatoms. The molecule has 1 rings (SSSR count). The number of ether oxygens (including phenoxy) is 1. The molecule has 0 fully saturated rings. The Bertz CT molecular complexity index is 515. The minimum atomic E-state index is -0.584. The molecule has 0 spiro atoms. The Morgan fingerprint density at radius 3 is 2.74 bits per heavy atom. The number of hydrogen-bond acceptors (Lipinski definition) is 2. The van der Waals surface area contributed by atoms with Crippen LogP contribution in [0.15, 0.2) is 30.3 Å². The smallest absolute Gasteiger partial charge is 0.417 e. The first kappa shape index (κ1) is 14.9. The number of nitrogens with zero attached hydrogens (tertiary/aromatic N) is 2. The highest BCUT2D eigenvalue weighted by Crippen LogP contribution is 2.12. The molecule has 100 valence electrons. The third-order valence-corrected chi connectivity index (χ3v) is 2.58. The summed E-state index contributed by atoms with van der Waals surface area (Å²) < 4.78 is 4.84. The third kappa shape index (κ3) is 4.53. The molecule has 0 unspecified atom stereocenters. The molecule has 0 heterocycles. The highest BCUT2D eigenvalue weighted by atomic mass is 16.5. The first-order chi connectivity index (χ1) is 9.22. The Labute approximate surface area is 113 Å². The second kappa shape index (κ2) is 8.01. The van der Waals surface area contributed by atoms with E-state index in [9.17, 15) is 4.79 Å². The summed E-state index contributed by atoms with van der Waals surface area (Å²) in [5, 5.41) is 0. The zero-order valence-electron chi connectivity index (χ0n) is 11.3. The van der Waals surface area contributed by atoms with Gasteiger partial charge in [-0.3, -0.25) is 0 Å². The van der Waals surface area contributed by atoms with Gasteiger partial charge in [-0.2, -0.15) is 4.79 Å². The lowest BCUT2D eigenvalue weighted by molar-refractivity contribution is -0.140. The van der Waals surface area contributed by atoms with E-state index in [1.54, 1.807) is 6.92 Å². The summed E-state index contributed by atoms with van der Waals surface area (Å²) in [5.74, 6) is -0.584. The first-order valence-corrected chi connectivity index (χ1v) is 6.35. The monoisotopic (exact) mass is 258 g/mol. The van der Waals surface area contributed by atoms with E-state index in [1.165, 1.54) is 0 Å². The number of rotatable bonds is 6. The summed E-state index contributed by atoms with van der Waals surface area (Å²) in [6.07, 6.45) is 5.22. The molecule has 0 radical (unpaired) electrons. The van der Waals surface area contributed by atoms with Crippen molar-refractivity contribution in [2.45, 2.75) is 26.7 Å². The molecule has 0 atom stereocenters. The van der Waals surface area contributed by atoms with Crippen LogP contribution in [0.5, 0.6) is 0 Å². The summed E-state index contributed by atoms with van der Waals surface area (Å²) in [6, 6.07) is 7.68. The molecular weight excluding hydrogens is 240 g/mol. The fourth-order valence-electron chi connectivity index (χ4n) is 1.65. The van der Waals surface area contributed by atoms with Crippen molar-refractivity contribution >= 4 is 17.8 Å². The van der Waals surface area contributed by atoms with Crippen LogP contribution in [0, 0.1) is 0 Å². The van der Waals surface area contributed by atoms with E-state index in [4.69, 9.17) is 10.3 Å². The predicted octanol–water partition coefficient (Wildman–Crippen LogP) is 2.89. The summed E-state index contributed by atoms with van der Waals surface area (Å²) >= 11 is 0. The van der Waals surface area contributed by atoms with Crippen LogP contribution in [0.1, 0.15) is 31.4 Å². The lowest BCUT2D eigenvalue weighted by Crippen LogP contribution is -2.21. The molecule has 19 heavy (non-hydrogen) atoms. The maximum Gasteiger partial charge on any atom is 0.417 e. The molecule has 0 bridgehead atoms. The molecule has 1 aromatic rings. The zero-order chi connectivity index (χ0) is 14.1. The topological polar surface area (TPSA) is 62.7 Å². The van der Waals surface area contributed by atoms with Crippen molar-refractivity contribution in [3.63, 3.8) is 0 Å². The van der Waals surface area contributed by atoms with Crippen molar-refractivity contribution in [1.82, 2.24) is 0 Å². The summed E-state index contributed by atoms with van der Waals surface area (Å²) in [5.41, 5.74) is 10.9. The Hall–Kier alpha value is -2.19. The van der Waals surface area contributed by atoms with Gasteiger partial charge in [0.1, 0.15) is 0 Å². The normalized spacial score (nSPS) is 10.2. The van der Waals surface area contributed by atoms with Gasteiger partial charge in [-0.15, -0.1) is 0 Å². The van der Waals surface area contributed by atoms with Crippen LogP contribution < -0.4 is 0 Å². The van der Waals surface area contributed by atoms with Crippen molar-refractivity contribution in [3.05, 3.63) is 47.0 Å². The second-order valence-electron chi connectivity index (χ2n) is 3.95. The number of esters is 1. The quantitative estimate of drug-likeness (QED) is 0.341. The first-order valence-electron chi connectivity index (χ1n) is 6.35. The van der Waals surface area contributed by atoms with Gasteiger partial charge < -0.3 is 10.3 Å². The lowest BCUT2D eigenvalue weighted by Gasteiger charge is -2.03. The van der Waals surface area contributed by atoms with Crippen molar-refractivity contribution in [2.75, 3.05) is 6.61 Å². The molecule has 4 nitrogen and oxygen atoms in total. The van der Waals surface area contributed by atoms with E-state index < -0.39 is 5.97 Å². The van der Waals surface area contributed by atoms with E-state index in [1.807, 2.05) is 36.4 Å². The van der Waals surface area contributed by atoms with Crippen LogP contribution in [0.3, 0.4) is 0 Å². The van der Waals surface area contributed by atoms with E-state index in [2.05, 4.69) is 11.7 Å². The van der Waals surface area contributed by atoms with Crippen molar-refractivity contribution in [1.29, 1.82) is 0 Å². The highest BCUT2D eigenvalue weighted by molar-refractivity contribution is 6.34. The second-order valence-corrected chi connectivity index (χ2v) is 3.95. The van der Waals surface area contributed by atoms with Crippen LogP contribution >= 0.6 is 0 Å². The average Bonchev–Trinajstić information content (AvgIpc) is 2.43. The van der Waals surface area contributed by atoms with Gasteiger partial charge in [0, 0.05) is 0 Å². The van der Waals surface area contributed by atoms with E-state index in [-0.39, 0.29) is 18.7 Å². The minimum absolute atomic E-state index is 0.0131. The van der Waals surface area contributed by atoms with E-state index in [0.29, 0.717) is 0 Å².